The van der Waals surface area contributed by atoms with E-state index in [2.05, 4.69) is 4.72 Å². The molecule has 6 nitrogen and oxygen atoms in total. The van der Waals surface area contributed by atoms with Crippen molar-refractivity contribution in [1.82, 2.24) is 0 Å². The lowest BCUT2D eigenvalue weighted by Gasteiger charge is -2.11. The van der Waals surface area contributed by atoms with Crippen LogP contribution in [0.15, 0.2) is 47.4 Å². The fourth-order valence-corrected chi connectivity index (χ4v) is 3.14. The number of benzene rings is 2. The van der Waals surface area contributed by atoms with Crippen molar-refractivity contribution in [2.75, 3.05) is 10.5 Å². The van der Waals surface area contributed by atoms with E-state index in [4.69, 9.17) is 10.8 Å². The second-order valence-corrected chi connectivity index (χ2v) is 6.19. The van der Waals surface area contributed by atoms with Gasteiger partial charge in [-0.3, -0.25) is 4.72 Å². The Morgan fingerprint density at radius 2 is 1.90 bits per heavy atom. The van der Waals surface area contributed by atoms with Gasteiger partial charge in [-0.2, -0.15) is 0 Å². The Labute approximate surface area is 122 Å². The SMILES string of the molecule is Cc1cccc(NS(=O)(=O)c2cc(N)ccc2C(=O)O)c1. The number of aromatic carboxylic acids is 1. The zero-order valence-electron chi connectivity index (χ0n) is 11.2. The number of anilines is 2. The van der Waals surface area contributed by atoms with E-state index in [1.807, 2.05) is 13.0 Å². The molecule has 0 aliphatic carbocycles. The molecule has 0 spiro atoms. The van der Waals surface area contributed by atoms with Gasteiger partial charge in [-0.1, -0.05) is 12.1 Å². The summed E-state index contributed by atoms with van der Waals surface area (Å²) in [6, 6.07) is 10.4. The van der Waals surface area contributed by atoms with Gasteiger partial charge in [-0.25, -0.2) is 13.2 Å². The van der Waals surface area contributed by atoms with Gasteiger partial charge in [-0.05, 0) is 42.8 Å². The summed E-state index contributed by atoms with van der Waals surface area (Å²) in [7, 11) is -4.04. The number of nitrogens with one attached hydrogen (secondary N) is 1. The van der Waals surface area contributed by atoms with Gasteiger partial charge in [0.05, 0.1) is 5.56 Å². The first kappa shape index (κ1) is 14.9. The topological polar surface area (TPSA) is 109 Å². The lowest BCUT2D eigenvalue weighted by atomic mass is 10.2. The maximum Gasteiger partial charge on any atom is 0.337 e. The molecule has 0 bridgehead atoms. The van der Waals surface area contributed by atoms with Crippen LogP contribution in [0.2, 0.25) is 0 Å². The van der Waals surface area contributed by atoms with E-state index >= 15 is 0 Å². The molecule has 0 atom stereocenters. The lowest BCUT2D eigenvalue weighted by molar-refractivity contribution is 0.0692. The van der Waals surface area contributed by atoms with Gasteiger partial charge >= 0.3 is 5.97 Å². The van der Waals surface area contributed by atoms with E-state index in [-0.39, 0.29) is 16.1 Å². The number of hydrogen-bond donors (Lipinski definition) is 3. The molecule has 0 amide bonds. The van der Waals surface area contributed by atoms with Crippen molar-refractivity contribution >= 4 is 27.4 Å². The molecule has 7 heteroatoms. The van der Waals surface area contributed by atoms with Crippen LogP contribution >= 0.6 is 0 Å². The largest absolute Gasteiger partial charge is 0.478 e. The van der Waals surface area contributed by atoms with Gasteiger partial charge in [0.25, 0.3) is 10.0 Å². The summed E-state index contributed by atoms with van der Waals surface area (Å²) < 4.78 is 27.1. The minimum absolute atomic E-state index is 0.171. The third-order valence-corrected chi connectivity index (χ3v) is 4.22. The number of aryl methyl sites for hydroxylation is 1. The molecule has 0 aromatic heterocycles. The number of carbonyl (C=O) groups is 1. The van der Waals surface area contributed by atoms with Crippen LogP contribution in [-0.4, -0.2) is 19.5 Å². The minimum atomic E-state index is -4.04. The summed E-state index contributed by atoms with van der Waals surface area (Å²) >= 11 is 0. The highest BCUT2D eigenvalue weighted by molar-refractivity contribution is 7.92. The van der Waals surface area contributed by atoms with Crippen LogP contribution in [0.1, 0.15) is 15.9 Å². The Hall–Kier alpha value is -2.54. The zero-order chi connectivity index (χ0) is 15.6. The maximum absolute atomic E-state index is 12.4. The lowest BCUT2D eigenvalue weighted by Crippen LogP contribution is -2.17. The number of nitrogens with two attached hydrogens (primary N) is 1. The summed E-state index contributed by atoms with van der Waals surface area (Å²) in [5, 5.41) is 9.10. The van der Waals surface area contributed by atoms with Gasteiger partial charge in [0.1, 0.15) is 4.90 Å². The van der Waals surface area contributed by atoms with Crippen LogP contribution in [0.3, 0.4) is 0 Å². The highest BCUT2D eigenvalue weighted by Gasteiger charge is 2.22. The molecule has 0 aliphatic heterocycles. The second kappa shape index (κ2) is 5.45. The summed E-state index contributed by atoms with van der Waals surface area (Å²) in [6.45, 7) is 1.82. The first-order valence-electron chi connectivity index (χ1n) is 6.02. The van der Waals surface area contributed by atoms with Crippen molar-refractivity contribution in [2.24, 2.45) is 0 Å². The van der Waals surface area contributed by atoms with E-state index in [1.54, 1.807) is 18.2 Å². The standard InChI is InChI=1S/C14H14N2O4S/c1-9-3-2-4-11(7-9)16-21(19,20)13-8-10(15)5-6-12(13)14(17)18/h2-8,16H,15H2,1H3,(H,17,18). The first-order valence-corrected chi connectivity index (χ1v) is 7.50. The van der Waals surface area contributed by atoms with Crippen LogP contribution in [0.4, 0.5) is 11.4 Å². The van der Waals surface area contributed by atoms with Crippen molar-refractivity contribution in [3.8, 4) is 0 Å². The number of carboxylic acids is 1. The Bertz CT molecular complexity index is 800. The summed E-state index contributed by atoms with van der Waals surface area (Å²) in [6.07, 6.45) is 0. The molecule has 2 aromatic carbocycles. The molecule has 0 aliphatic rings. The monoisotopic (exact) mass is 306 g/mol. The highest BCUT2D eigenvalue weighted by atomic mass is 32.2. The van der Waals surface area contributed by atoms with E-state index in [0.717, 1.165) is 11.6 Å². The van der Waals surface area contributed by atoms with Crippen molar-refractivity contribution in [3.63, 3.8) is 0 Å². The molecular formula is C14H14N2O4S. The van der Waals surface area contributed by atoms with Gasteiger partial charge in [0.2, 0.25) is 0 Å². The molecule has 0 saturated heterocycles. The van der Waals surface area contributed by atoms with Crippen LogP contribution in [0, 0.1) is 6.92 Å². The summed E-state index contributed by atoms with van der Waals surface area (Å²) in [5.41, 5.74) is 6.63. The highest BCUT2D eigenvalue weighted by Crippen LogP contribution is 2.22. The fourth-order valence-electron chi connectivity index (χ4n) is 1.86. The Morgan fingerprint density at radius 1 is 1.19 bits per heavy atom. The first-order chi connectivity index (χ1) is 9.79. The number of rotatable bonds is 4. The predicted octanol–water partition coefficient (Wildman–Crippen LogP) is 2.08. The number of hydrogen-bond acceptors (Lipinski definition) is 4. The molecule has 0 heterocycles. The molecule has 0 saturated carbocycles. The van der Waals surface area contributed by atoms with Crippen LogP contribution in [0.25, 0.3) is 0 Å². The second-order valence-electron chi connectivity index (χ2n) is 4.54. The molecule has 0 radical (unpaired) electrons. The Balaban J connectivity index is 2.49. The molecule has 0 fully saturated rings. The van der Waals surface area contributed by atoms with Gasteiger partial charge in [-0.15, -0.1) is 0 Å². The predicted molar refractivity (Wildman–Crippen MR) is 79.8 cm³/mol. The van der Waals surface area contributed by atoms with E-state index in [9.17, 15) is 13.2 Å². The molecule has 4 N–H and O–H groups in total. The Morgan fingerprint density at radius 3 is 2.52 bits per heavy atom. The molecule has 0 unspecified atom stereocenters. The number of nitrogen functional groups attached to an aromatic ring is 1. The third-order valence-electron chi connectivity index (χ3n) is 2.80. The molecule has 2 rings (SSSR count). The normalized spacial score (nSPS) is 11.1. The Kier molecular flexibility index (Phi) is 3.86. The van der Waals surface area contributed by atoms with E-state index in [1.165, 1.54) is 12.1 Å². The van der Waals surface area contributed by atoms with Crippen LogP contribution < -0.4 is 10.5 Å². The third kappa shape index (κ3) is 3.32. The minimum Gasteiger partial charge on any atom is -0.478 e. The smallest absolute Gasteiger partial charge is 0.337 e. The van der Waals surface area contributed by atoms with Gasteiger partial charge < -0.3 is 10.8 Å². The zero-order valence-corrected chi connectivity index (χ0v) is 12.0. The number of carboxylic acid groups (broad SMARTS) is 1. The maximum atomic E-state index is 12.4. The summed E-state index contributed by atoms with van der Waals surface area (Å²) in [4.78, 5) is 10.8. The fraction of sp³-hybridized carbons (Fsp3) is 0.0714. The molecule has 21 heavy (non-hydrogen) atoms. The summed E-state index contributed by atoms with van der Waals surface area (Å²) in [5.74, 6) is -1.33. The van der Waals surface area contributed by atoms with Crippen LogP contribution in [-0.2, 0) is 10.0 Å². The van der Waals surface area contributed by atoms with Crippen molar-refractivity contribution in [3.05, 3.63) is 53.6 Å². The van der Waals surface area contributed by atoms with E-state index < -0.39 is 16.0 Å². The van der Waals surface area contributed by atoms with Crippen LogP contribution in [0.5, 0.6) is 0 Å². The number of sulfonamides is 1. The molecular weight excluding hydrogens is 292 g/mol. The molecule has 2 aromatic rings. The van der Waals surface area contributed by atoms with Gasteiger partial charge in [0.15, 0.2) is 0 Å². The van der Waals surface area contributed by atoms with E-state index in [0.29, 0.717) is 5.69 Å². The van der Waals surface area contributed by atoms with Gasteiger partial charge in [0, 0.05) is 11.4 Å². The van der Waals surface area contributed by atoms with Crippen molar-refractivity contribution in [2.45, 2.75) is 11.8 Å². The van der Waals surface area contributed by atoms with Crippen molar-refractivity contribution < 1.29 is 18.3 Å². The van der Waals surface area contributed by atoms with Crippen molar-refractivity contribution in [1.29, 1.82) is 0 Å². The quantitative estimate of drug-likeness (QED) is 0.749. The molecule has 110 valence electrons. The average molecular weight is 306 g/mol. The average Bonchev–Trinajstić information content (AvgIpc) is 2.37.